The molecule has 0 atom stereocenters. The highest BCUT2D eigenvalue weighted by molar-refractivity contribution is 6.10. The number of nitriles is 1. The van der Waals surface area contributed by atoms with Crippen LogP contribution in [0, 0.1) is 11.3 Å². The molecule has 0 radical (unpaired) electrons. The minimum Gasteiger partial charge on any atom is -0.492 e. The van der Waals surface area contributed by atoms with Gasteiger partial charge in [-0.05, 0) is 42.8 Å². The standard InChI is InChI=1S/C20H19N3O3/c1-3-26-18-7-5-4-6-17(18)23-20(25)16(13-21)12-14-8-10-15(11-9-14)19(24)22-2/h4-12H,3H2,1-2H3,(H,22,24)(H,23,25)/b16-12-. The third kappa shape index (κ3) is 4.71. The van der Waals surface area contributed by atoms with Gasteiger partial charge in [-0.1, -0.05) is 24.3 Å². The van der Waals surface area contributed by atoms with Gasteiger partial charge in [-0.15, -0.1) is 0 Å². The van der Waals surface area contributed by atoms with Gasteiger partial charge in [0, 0.05) is 12.6 Å². The summed E-state index contributed by atoms with van der Waals surface area (Å²) >= 11 is 0. The Morgan fingerprint density at radius 2 is 1.85 bits per heavy atom. The Morgan fingerprint density at radius 1 is 1.15 bits per heavy atom. The van der Waals surface area contributed by atoms with E-state index in [1.54, 1.807) is 55.6 Å². The van der Waals surface area contributed by atoms with Gasteiger partial charge in [-0.25, -0.2) is 0 Å². The van der Waals surface area contributed by atoms with Gasteiger partial charge in [0.2, 0.25) is 0 Å². The first kappa shape index (κ1) is 18.7. The van der Waals surface area contributed by atoms with Crippen LogP contribution in [-0.2, 0) is 4.79 Å². The minimum absolute atomic E-state index is 0.0519. The van der Waals surface area contributed by atoms with Crippen molar-refractivity contribution in [1.82, 2.24) is 5.32 Å². The molecular weight excluding hydrogens is 330 g/mol. The van der Waals surface area contributed by atoms with E-state index in [1.807, 2.05) is 13.0 Å². The first-order valence-corrected chi connectivity index (χ1v) is 8.06. The number of benzene rings is 2. The molecule has 0 saturated heterocycles. The van der Waals surface area contributed by atoms with Gasteiger partial charge >= 0.3 is 0 Å². The van der Waals surface area contributed by atoms with E-state index in [1.165, 1.54) is 6.08 Å². The fourth-order valence-corrected chi connectivity index (χ4v) is 2.23. The maximum absolute atomic E-state index is 12.4. The fourth-order valence-electron chi connectivity index (χ4n) is 2.23. The molecular formula is C20H19N3O3. The molecule has 0 aliphatic rings. The molecule has 0 aliphatic carbocycles. The lowest BCUT2D eigenvalue weighted by atomic mass is 10.1. The SMILES string of the molecule is CCOc1ccccc1NC(=O)/C(C#N)=C\c1ccc(C(=O)NC)cc1. The molecule has 0 spiro atoms. The number of rotatable bonds is 6. The molecule has 0 fully saturated rings. The van der Waals surface area contributed by atoms with Crippen molar-refractivity contribution in [2.45, 2.75) is 6.92 Å². The van der Waals surface area contributed by atoms with Crippen molar-refractivity contribution in [1.29, 1.82) is 5.26 Å². The second-order valence-electron chi connectivity index (χ2n) is 5.25. The Hall–Kier alpha value is -3.59. The Kier molecular flexibility index (Phi) is 6.52. The molecule has 26 heavy (non-hydrogen) atoms. The fraction of sp³-hybridized carbons (Fsp3) is 0.150. The lowest BCUT2D eigenvalue weighted by Gasteiger charge is -2.10. The molecule has 6 heteroatoms. The molecule has 0 heterocycles. The van der Waals surface area contributed by atoms with Crippen molar-refractivity contribution >= 4 is 23.6 Å². The first-order chi connectivity index (χ1) is 12.6. The summed E-state index contributed by atoms with van der Waals surface area (Å²) in [5, 5.41) is 14.5. The number of hydrogen-bond donors (Lipinski definition) is 2. The van der Waals surface area contributed by atoms with Gasteiger partial charge in [0.05, 0.1) is 12.3 Å². The van der Waals surface area contributed by atoms with Crippen molar-refractivity contribution in [2.24, 2.45) is 0 Å². The summed E-state index contributed by atoms with van der Waals surface area (Å²) in [5.41, 5.74) is 1.58. The molecule has 0 aromatic heterocycles. The number of para-hydroxylation sites is 2. The van der Waals surface area contributed by atoms with Crippen LogP contribution in [0.2, 0.25) is 0 Å². The van der Waals surface area contributed by atoms with E-state index in [9.17, 15) is 14.9 Å². The molecule has 2 rings (SSSR count). The first-order valence-electron chi connectivity index (χ1n) is 8.06. The van der Waals surface area contributed by atoms with Crippen molar-refractivity contribution in [2.75, 3.05) is 19.0 Å². The summed E-state index contributed by atoms with van der Waals surface area (Å²) in [5.74, 6) is -0.197. The van der Waals surface area contributed by atoms with Crippen LogP contribution in [0.15, 0.2) is 54.1 Å². The van der Waals surface area contributed by atoms with Crippen LogP contribution in [0.4, 0.5) is 5.69 Å². The van der Waals surface area contributed by atoms with E-state index < -0.39 is 5.91 Å². The number of nitrogens with zero attached hydrogens (tertiary/aromatic N) is 1. The van der Waals surface area contributed by atoms with Gasteiger partial charge in [-0.2, -0.15) is 5.26 Å². The third-order valence-corrected chi connectivity index (χ3v) is 3.51. The number of anilines is 1. The van der Waals surface area contributed by atoms with E-state index in [0.717, 1.165) is 0 Å². The summed E-state index contributed by atoms with van der Waals surface area (Å²) in [6, 6.07) is 15.5. The van der Waals surface area contributed by atoms with Crippen LogP contribution in [0.25, 0.3) is 6.08 Å². The van der Waals surface area contributed by atoms with Crippen molar-refractivity contribution < 1.29 is 14.3 Å². The predicted octanol–water partition coefficient (Wildman–Crippen LogP) is 2.99. The topological polar surface area (TPSA) is 91.2 Å². The molecule has 0 unspecified atom stereocenters. The van der Waals surface area contributed by atoms with Gasteiger partial charge < -0.3 is 15.4 Å². The number of nitrogens with one attached hydrogen (secondary N) is 2. The van der Waals surface area contributed by atoms with Crippen LogP contribution < -0.4 is 15.4 Å². The highest BCUT2D eigenvalue weighted by atomic mass is 16.5. The average molecular weight is 349 g/mol. The Labute approximate surface area is 152 Å². The lowest BCUT2D eigenvalue weighted by molar-refractivity contribution is -0.112. The van der Waals surface area contributed by atoms with E-state index in [2.05, 4.69) is 10.6 Å². The van der Waals surface area contributed by atoms with Gasteiger partial charge in [-0.3, -0.25) is 9.59 Å². The molecule has 0 aliphatic heterocycles. The monoisotopic (exact) mass is 349 g/mol. The van der Waals surface area contributed by atoms with E-state index in [4.69, 9.17) is 4.74 Å². The van der Waals surface area contributed by atoms with Crippen LogP contribution in [0.5, 0.6) is 5.75 Å². The van der Waals surface area contributed by atoms with Crippen molar-refractivity contribution in [3.63, 3.8) is 0 Å². The molecule has 2 aromatic rings. The quantitative estimate of drug-likeness (QED) is 0.619. The normalized spacial score (nSPS) is 10.6. The third-order valence-electron chi connectivity index (χ3n) is 3.51. The summed E-state index contributed by atoms with van der Waals surface area (Å²) < 4.78 is 5.46. The van der Waals surface area contributed by atoms with Gasteiger partial charge in [0.1, 0.15) is 17.4 Å². The lowest BCUT2D eigenvalue weighted by Crippen LogP contribution is -2.17. The summed E-state index contributed by atoms with van der Waals surface area (Å²) in [6.07, 6.45) is 1.46. The zero-order valence-electron chi connectivity index (χ0n) is 14.6. The summed E-state index contributed by atoms with van der Waals surface area (Å²) in [7, 11) is 1.55. The minimum atomic E-state index is -0.532. The second kappa shape index (κ2) is 9.04. The van der Waals surface area contributed by atoms with Crippen LogP contribution in [0.3, 0.4) is 0 Å². The Morgan fingerprint density at radius 3 is 2.46 bits per heavy atom. The van der Waals surface area contributed by atoms with Gasteiger partial charge in [0.15, 0.2) is 0 Å². The predicted molar refractivity (Wildman–Crippen MR) is 99.7 cm³/mol. The van der Waals surface area contributed by atoms with E-state index in [-0.39, 0.29) is 11.5 Å². The molecule has 0 bridgehead atoms. The number of carbonyl (C=O) groups excluding carboxylic acids is 2. The van der Waals surface area contributed by atoms with E-state index >= 15 is 0 Å². The highest BCUT2D eigenvalue weighted by Gasteiger charge is 2.12. The zero-order valence-corrected chi connectivity index (χ0v) is 14.6. The number of hydrogen-bond acceptors (Lipinski definition) is 4. The molecule has 2 amide bonds. The summed E-state index contributed by atoms with van der Waals surface area (Å²) in [6.45, 7) is 2.31. The summed E-state index contributed by atoms with van der Waals surface area (Å²) in [4.78, 5) is 23.9. The molecule has 2 N–H and O–H groups in total. The van der Waals surface area contributed by atoms with Crippen LogP contribution in [-0.4, -0.2) is 25.5 Å². The van der Waals surface area contributed by atoms with E-state index in [0.29, 0.717) is 29.2 Å². The maximum Gasteiger partial charge on any atom is 0.266 e. The smallest absolute Gasteiger partial charge is 0.266 e. The largest absolute Gasteiger partial charge is 0.492 e. The molecule has 132 valence electrons. The molecule has 2 aromatic carbocycles. The van der Waals surface area contributed by atoms with Crippen molar-refractivity contribution in [3.05, 3.63) is 65.2 Å². The average Bonchev–Trinajstić information content (AvgIpc) is 2.67. The zero-order chi connectivity index (χ0) is 18.9. The van der Waals surface area contributed by atoms with Crippen LogP contribution >= 0.6 is 0 Å². The van der Waals surface area contributed by atoms with Crippen molar-refractivity contribution in [3.8, 4) is 11.8 Å². The Bertz CT molecular complexity index is 865. The molecule has 6 nitrogen and oxygen atoms in total. The highest BCUT2D eigenvalue weighted by Crippen LogP contribution is 2.24. The number of amides is 2. The Balaban J connectivity index is 2.20. The van der Waals surface area contributed by atoms with Gasteiger partial charge in [0.25, 0.3) is 11.8 Å². The second-order valence-corrected chi connectivity index (χ2v) is 5.25. The molecule has 0 saturated carbocycles. The number of carbonyl (C=O) groups is 2. The number of ether oxygens (including phenoxy) is 1. The maximum atomic E-state index is 12.4. The van der Waals surface area contributed by atoms with Crippen LogP contribution in [0.1, 0.15) is 22.8 Å².